The Bertz CT molecular complexity index is 1490. The first kappa shape index (κ1) is 24.5. The van der Waals surface area contributed by atoms with Gasteiger partial charge in [-0.2, -0.15) is 0 Å². The minimum Gasteiger partial charge on any atom is -0.416 e. The average Bonchev–Trinajstić information content (AvgIpc) is 3.32. The summed E-state index contributed by atoms with van der Waals surface area (Å²) < 4.78 is 2.09. The van der Waals surface area contributed by atoms with Gasteiger partial charge in [-0.3, -0.25) is 0 Å². The van der Waals surface area contributed by atoms with Crippen LogP contribution in [0.1, 0.15) is 11.6 Å². The van der Waals surface area contributed by atoms with Crippen LogP contribution < -0.4 is 0 Å². The van der Waals surface area contributed by atoms with Crippen molar-refractivity contribution in [3.8, 4) is 34.3 Å². The maximum atomic E-state index is 5.97. The van der Waals surface area contributed by atoms with Gasteiger partial charge in [0, 0.05) is 16.7 Å². The SMILES string of the molecule is ClC(Cl)(Cl)c1nc(-c2ccc(-c3nnc(-c4cccc5ccccc45)o3)cc2)nc(C(Cl)(Cl)Cl)n1. The maximum Gasteiger partial charge on any atom is 0.250 e. The predicted octanol–water partition coefficient (Wildman–Crippen LogP) is 8.06. The maximum absolute atomic E-state index is 5.97. The molecule has 2 heterocycles. The number of hydrogen-bond acceptors (Lipinski definition) is 6. The van der Waals surface area contributed by atoms with Gasteiger partial charge in [-0.05, 0) is 29.0 Å². The number of halogens is 6. The minimum atomic E-state index is -1.94. The molecule has 2 aromatic heterocycles. The van der Waals surface area contributed by atoms with Crippen molar-refractivity contribution in [2.24, 2.45) is 0 Å². The molecule has 5 rings (SSSR count). The molecule has 5 aromatic rings. The predicted molar refractivity (Wildman–Crippen MR) is 140 cm³/mol. The van der Waals surface area contributed by atoms with Gasteiger partial charge in [0.25, 0.3) is 0 Å². The second kappa shape index (κ2) is 9.36. The molecule has 0 aliphatic rings. The number of hydrogen-bond donors (Lipinski definition) is 0. The van der Waals surface area contributed by atoms with Crippen molar-refractivity contribution in [3.05, 3.63) is 78.4 Å². The van der Waals surface area contributed by atoms with Gasteiger partial charge in [0.1, 0.15) is 0 Å². The molecule has 12 heteroatoms. The van der Waals surface area contributed by atoms with E-state index in [2.05, 4.69) is 25.1 Å². The Hall–Kier alpha value is -2.19. The van der Waals surface area contributed by atoms with Crippen LogP contribution in [0.5, 0.6) is 0 Å². The van der Waals surface area contributed by atoms with Crippen LogP contribution in [0.15, 0.2) is 71.1 Å². The standard InChI is InChI=1S/C23H11Cl6N5O/c24-22(25,26)20-30-17(31-21(32-20)23(27,28)29)13-8-10-14(11-9-13)18-33-34-19(35-18)16-7-3-5-12-4-1-2-6-15(12)16/h1-11H. The average molecular weight is 586 g/mol. The first-order valence-electron chi connectivity index (χ1n) is 9.92. The van der Waals surface area contributed by atoms with Crippen LogP contribution in [-0.2, 0) is 7.59 Å². The number of fused-ring (bicyclic) bond motifs is 1. The molecule has 0 radical (unpaired) electrons. The van der Waals surface area contributed by atoms with Crippen molar-refractivity contribution < 1.29 is 4.42 Å². The molecular weight excluding hydrogens is 575 g/mol. The van der Waals surface area contributed by atoms with Gasteiger partial charge in [0.15, 0.2) is 17.5 Å². The molecular formula is C23H11Cl6N5O. The lowest BCUT2D eigenvalue weighted by molar-refractivity contribution is 0.585. The van der Waals surface area contributed by atoms with Gasteiger partial charge < -0.3 is 4.42 Å². The molecule has 0 aliphatic heterocycles. The Morgan fingerprint density at radius 1 is 0.571 bits per heavy atom. The molecule has 6 nitrogen and oxygen atoms in total. The summed E-state index contributed by atoms with van der Waals surface area (Å²) in [6, 6.07) is 20.9. The molecule has 0 unspecified atom stereocenters. The van der Waals surface area contributed by atoms with Gasteiger partial charge in [-0.1, -0.05) is 118 Å². The summed E-state index contributed by atoms with van der Waals surface area (Å²) in [6.45, 7) is 0. The van der Waals surface area contributed by atoms with Crippen LogP contribution in [0.25, 0.3) is 45.1 Å². The van der Waals surface area contributed by atoms with Gasteiger partial charge in [0.2, 0.25) is 19.4 Å². The normalized spacial score (nSPS) is 12.3. The Kier molecular flexibility index (Phi) is 6.55. The molecule has 176 valence electrons. The third kappa shape index (κ3) is 5.19. The zero-order valence-electron chi connectivity index (χ0n) is 17.3. The fraction of sp³-hybridized carbons (Fsp3) is 0.0870. The van der Waals surface area contributed by atoms with E-state index >= 15 is 0 Å². The van der Waals surface area contributed by atoms with Crippen LogP contribution in [-0.4, -0.2) is 25.1 Å². The smallest absolute Gasteiger partial charge is 0.250 e. The zero-order valence-corrected chi connectivity index (χ0v) is 21.8. The van der Waals surface area contributed by atoms with Crippen molar-refractivity contribution in [1.82, 2.24) is 25.1 Å². The Morgan fingerprint density at radius 3 is 1.80 bits per heavy atom. The molecule has 0 amide bonds. The van der Waals surface area contributed by atoms with E-state index < -0.39 is 7.59 Å². The Labute approximate surface area is 229 Å². The van der Waals surface area contributed by atoms with Crippen molar-refractivity contribution >= 4 is 80.4 Å². The molecule has 0 saturated heterocycles. The fourth-order valence-corrected chi connectivity index (χ4v) is 3.89. The van der Waals surface area contributed by atoms with Crippen LogP contribution >= 0.6 is 69.6 Å². The minimum absolute atomic E-state index is 0.163. The van der Waals surface area contributed by atoms with E-state index in [4.69, 9.17) is 74.0 Å². The lowest BCUT2D eigenvalue weighted by atomic mass is 10.0. The van der Waals surface area contributed by atoms with E-state index in [0.717, 1.165) is 16.3 Å². The highest BCUT2D eigenvalue weighted by atomic mass is 35.6. The van der Waals surface area contributed by atoms with E-state index in [9.17, 15) is 0 Å². The number of rotatable bonds is 3. The largest absolute Gasteiger partial charge is 0.416 e. The highest BCUT2D eigenvalue weighted by molar-refractivity contribution is 6.67. The zero-order chi connectivity index (χ0) is 24.8. The second-order valence-corrected chi connectivity index (χ2v) is 11.9. The molecule has 0 bridgehead atoms. The molecule has 0 saturated carbocycles. The van der Waals surface area contributed by atoms with Crippen molar-refractivity contribution in [2.45, 2.75) is 7.59 Å². The highest BCUT2D eigenvalue weighted by Crippen LogP contribution is 2.41. The summed E-state index contributed by atoms with van der Waals surface area (Å²) in [7, 11) is 0. The first-order valence-corrected chi connectivity index (χ1v) is 12.2. The highest BCUT2D eigenvalue weighted by Gasteiger charge is 2.34. The number of aromatic nitrogens is 5. The Morgan fingerprint density at radius 2 is 1.14 bits per heavy atom. The van der Waals surface area contributed by atoms with E-state index in [1.54, 1.807) is 24.3 Å². The monoisotopic (exact) mass is 583 g/mol. The third-order valence-electron chi connectivity index (χ3n) is 4.98. The van der Waals surface area contributed by atoms with Crippen molar-refractivity contribution in [2.75, 3.05) is 0 Å². The molecule has 0 N–H and O–H groups in total. The van der Waals surface area contributed by atoms with Gasteiger partial charge >= 0.3 is 0 Å². The van der Waals surface area contributed by atoms with Crippen LogP contribution in [0.3, 0.4) is 0 Å². The van der Waals surface area contributed by atoms with E-state index in [1.807, 2.05) is 42.5 Å². The van der Waals surface area contributed by atoms with Gasteiger partial charge in [-0.25, -0.2) is 15.0 Å². The van der Waals surface area contributed by atoms with Crippen LogP contribution in [0.4, 0.5) is 0 Å². The topological polar surface area (TPSA) is 77.6 Å². The molecule has 0 atom stereocenters. The molecule has 35 heavy (non-hydrogen) atoms. The van der Waals surface area contributed by atoms with Crippen LogP contribution in [0, 0.1) is 0 Å². The van der Waals surface area contributed by atoms with Crippen molar-refractivity contribution in [1.29, 1.82) is 0 Å². The third-order valence-corrected chi connectivity index (χ3v) is 5.99. The number of nitrogens with zero attached hydrogens (tertiary/aromatic N) is 5. The molecule has 3 aromatic carbocycles. The lowest BCUT2D eigenvalue weighted by Gasteiger charge is -2.15. The van der Waals surface area contributed by atoms with E-state index in [1.165, 1.54) is 0 Å². The number of alkyl halides is 6. The van der Waals surface area contributed by atoms with E-state index in [0.29, 0.717) is 22.9 Å². The van der Waals surface area contributed by atoms with Gasteiger partial charge in [-0.15, -0.1) is 10.2 Å². The summed E-state index contributed by atoms with van der Waals surface area (Å²) >= 11 is 35.7. The summed E-state index contributed by atoms with van der Waals surface area (Å²) in [5, 5.41) is 10.5. The molecule has 0 aliphatic carbocycles. The van der Waals surface area contributed by atoms with E-state index in [-0.39, 0.29) is 17.5 Å². The quantitative estimate of drug-likeness (QED) is 0.199. The van der Waals surface area contributed by atoms with Crippen molar-refractivity contribution in [3.63, 3.8) is 0 Å². The lowest BCUT2D eigenvalue weighted by Crippen LogP contribution is -2.16. The van der Waals surface area contributed by atoms with Gasteiger partial charge in [0.05, 0.1) is 0 Å². The Balaban J connectivity index is 1.49. The number of benzene rings is 3. The molecule has 0 fully saturated rings. The fourth-order valence-electron chi connectivity index (χ4n) is 3.38. The summed E-state index contributed by atoms with van der Waals surface area (Å²) in [4.78, 5) is 12.4. The summed E-state index contributed by atoms with van der Waals surface area (Å²) in [6.07, 6.45) is 0. The second-order valence-electron chi connectivity index (χ2n) is 7.32. The molecule has 0 spiro atoms. The summed E-state index contributed by atoms with van der Waals surface area (Å²) in [5.74, 6) is 0.581. The first-order chi connectivity index (χ1) is 16.6. The van der Waals surface area contributed by atoms with Crippen LogP contribution in [0.2, 0.25) is 0 Å². The summed E-state index contributed by atoms with van der Waals surface area (Å²) in [5.41, 5.74) is 2.10.